The highest BCUT2D eigenvalue weighted by molar-refractivity contribution is 6.10. The van der Waals surface area contributed by atoms with E-state index in [-0.39, 0.29) is 11.3 Å². The van der Waals surface area contributed by atoms with E-state index in [4.69, 9.17) is 4.42 Å². The van der Waals surface area contributed by atoms with E-state index in [9.17, 15) is 13.6 Å². The second kappa shape index (κ2) is 4.56. The van der Waals surface area contributed by atoms with Crippen LogP contribution in [0.1, 0.15) is 21.7 Å². The summed E-state index contributed by atoms with van der Waals surface area (Å²) in [6.45, 7) is 1.74. The molecule has 0 radical (unpaired) electrons. The fourth-order valence-corrected chi connectivity index (χ4v) is 2.21. The molecule has 0 aliphatic rings. The average Bonchev–Trinajstić information content (AvgIpc) is 2.75. The molecule has 0 amide bonds. The maximum absolute atomic E-state index is 13.2. The predicted octanol–water partition coefficient (Wildman–Crippen LogP) is 4.25. The highest BCUT2D eigenvalue weighted by Crippen LogP contribution is 2.27. The molecule has 3 rings (SSSR count). The topological polar surface area (TPSA) is 30.2 Å². The number of carbonyl (C=O) groups is 1. The van der Waals surface area contributed by atoms with Crippen LogP contribution in [0, 0.1) is 18.6 Å². The first kappa shape index (κ1) is 12.5. The Balaban J connectivity index is 2.15. The van der Waals surface area contributed by atoms with Gasteiger partial charge in [0.05, 0.1) is 0 Å². The minimum absolute atomic E-state index is 0.0651. The first-order chi connectivity index (χ1) is 9.56. The molecular weight excluding hydrogens is 262 g/mol. The van der Waals surface area contributed by atoms with Crippen LogP contribution in [0.2, 0.25) is 0 Å². The Bertz CT molecular complexity index is 798. The summed E-state index contributed by atoms with van der Waals surface area (Å²) in [6.07, 6.45) is 0. The SMILES string of the molecule is Cc1c(C(=O)c2cc(F)cc(F)c2)oc2ccccc12. The third kappa shape index (κ3) is 1.99. The van der Waals surface area contributed by atoms with Gasteiger partial charge in [0.15, 0.2) is 5.76 Å². The molecule has 0 unspecified atom stereocenters. The van der Waals surface area contributed by atoms with Crippen molar-refractivity contribution in [2.24, 2.45) is 0 Å². The van der Waals surface area contributed by atoms with Crippen LogP contribution in [0.5, 0.6) is 0 Å². The van der Waals surface area contributed by atoms with Crippen molar-refractivity contribution < 1.29 is 18.0 Å². The first-order valence-electron chi connectivity index (χ1n) is 6.05. The summed E-state index contributed by atoms with van der Waals surface area (Å²) in [5.74, 6) is -2.00. The van der Waals surface area contributed by atoms with Crippen LogP contribution in [0.3, 0.4) is 0 Å². The summed E-state index contributed by atoms with van der Waals surface area (Å²) in [5, 5.41) is 0.813. The van der Waals surface area contributed by atoms with E-state index in [0.29, 0.717) is 11.1 Å². The van der Waals surface area contributed by atoms with Gasteiger partial charge in [-0.3, -0.25) is 4.79 Å². The third-order valence-corrected chi connectivity index (χ3v) is 3.17. The van der Waals surface area contributed by atoms with Crippen molar-refractivity contribution in [1.82, 2.24) is 0 Å². The van der Waals surface area contributed by atoms with Gasteiger partial charge in [0.1, 0.15) is 17.2 Å². The lowest BCUT2D eigenvalue weighted by Gasteiger charge is -2.00. The molecule has 0 saturated carbocycles. The number of halogens is 2. The standard InChI is InChI=1S/C16H10F2O2/c1-9-13-4-2-3-5-14(13)20-16(9)15(19)10-6-11(17)8-12(18)7-10/h2-8H,1H3. The number of ketones is 1. The van der Waals surface area contributed by atoms with Crippen molar-refractivity contribution in [2.75, 3.05) is 0 Å². The summed E-state index contributed by atoms with van der Waals surface area (Å²) in [6, 6.07) is 9.92. The molecule has 1 heterocycles. The van der Waals surface area contributed by atoms with Crippen LogP contribution in [0.4, 0.5) is 8.78 Å². The molecule has 2 aromatic carbocycles. The summed E-state index contributed by atoms with van der Waals surface area (Å²) in [4.78, 5) is 12.3. The van der Waals surface area contributed by atoms with Gasteiger partial charge in [0.2, 0.25) is 5.78 Å². The van der Waals surface area contributed by atoms with Gasteiger partial charge < -0.3 is 4.42 Å². The molecule has 0 bridgehead atoms. The lowest BCUT2D eigenvalue weighted by atomic mass is 10.0. The van der Waals surface area contributed by atoms with Gasteiger partial charge in [0.25, 0.3) is 0 Å². The van der Waals surface area contributed by atoms with Crippen LogP contribution in [-0.2, 0) is 0 Å². The predicted molar refractivity (Wildman–Crippen MR) is 70.7 cm³/mol. The number of benzene rings is 2. The van der Waals surface area contributed by atoms with E-state index in [1.54, 1.807) is 19.1 Å². The lowest BCUT2D eigenvalue weighted by molar-refractivity contribution is 0.101. The molecule has 0 spiro atoms. The Hall–Kier alpha value is -2.49. The molecule has 4 heteroatoms. The van der Waals surface area contributed by atoms with Crippen LogP contribution in [0.25, 0.3) is 11.0 Å². The number of hydrogen-bond acceptors (Lipinski definition) is 2. The van der Waals surface area contributed by atoms with Gasteiger partial charge in [-0.15, -0.1) is 0 Å². The zero-order chi connectivity index (χ0) is 14.3. The Morgan fingerprint density at radius 1 is 1.05 bits per heavy atom. The van der Waals surface area contributed by atoms with Crippen LogP contribution in [-0.4, -0.2) is 5.78 Å². The van der Waals surface area contributed by atoms with E-state index in [2.05, 4.69) is 0 Å². The van der Waals surface area contributed by atoms with Gasteiger partial charge in [0, 0.05) is 22.6 Å². The molecule has 0 aliphatic heterocycles. The number of fused-ring (bicyclic) bond motifs is 1. The van der Waals surface area contributed by atoms with Gasteiger partial charge in [-0.05, 0) is 25.1 Å². The first-order valence-corrected chi connectivity index (χ1v) is 6.05. The van der Waals surface area contributed by atoms with Crippen molar-refractivity contribution in [2.45, 2.75) is 6.92 Å². The van der Waals surface area contributed by atoms with E-state index in [1.807, 2.05) is 12.1 Å². The Morgan fingerprint density at radius 3 is 2.35 bits per heavy atom. The Morgan fingerprint density at radius 2 is 1.70 bits per heavy atom. The van der Waals surface area contributed by atoms with E-state index in [1.165, 1.54) is 0 Å². The molecule has 100 valence electrons. The normalized spacial score (nSPS) is 10.9. The fraction of sp³-hybridized carbons (Fsp3) is 0.0625. The zero-order valence-corrected chi connectivity index (χ0v) is 10.6. The molecule has 1 aromatic heterocycles. The minimum Gasteiger partial charge on any atom is -0.452 e. The van der Waals surface area contributed by atoms with Crippen molar-refractivity contribution in [3.05, 3.63) is 71.0 Å². The summed E-state index contributed by atoms with van der Waals surface area (Å²) in [5.41, 5.74) is 1.17. The van der Waals surface area contributed by atoms with E-state index >= 15 is 0 Å². The van der Waals surface area contributed by atoms with Crippen molar-refractivity contribution in [3.8, 4) is 0 Å². The number of furan rings is 1. The molecule has 0 atom stereocenters. The highest BCUT2D eigenvalue weighted by Gasteiger charge is 2.20. The number of aryl methyl sites for hydroxylation is 1. The minimum atomic E-state index is -0.790. The van der Waals surface area contributed by atoms with Crippen LogP contribution >= 0.6 is 0 Å². The van der Waals surface area contributed by atoms with Crippen molar-refractivity contribution in [1.29, 1.82) is 0 Å². The number of hydrogen-bond donors (Lipinski definition) is 0. The molecule has 3 aromatic rings. The quantitative estimate of drug-likeness (QED) is 0.653. The van der Waals surface area contributed by atoms with Crippen LogP contribution in [0.15, 0.2) is 46.9 Å². The van der Waals surface area contributed by atoms with Crippen molar-refractivity contribution in [3.63, 3.8) is 0 Å². The average molecular weight is 272 g/mol. The number of carbonyl (C=O) groups excluding carboxylic acids is 1. The van der Waals surface area contributed by atoms with Gasteiger partial charge in [-0.2, -0.15) is 0 Å². The maximum atomic E-state index is 13.2. The molecule has 0 fully saturated rings. The molecule has 2 nitrogen and oxygen atoms in total. The molecule has 20 heavy (non-hydrogen) atoms. The summed E-state index contributed by atoms with van der Waals surface area (Å²) in [7, 11) is 0. The van der Waals surface area contributed by atoms with E-state index < -0.39 is 17.4 Å². The van der Waals surface area contributed by atoms with Gasteiger partial charge in [-0.1, -0.05) is 18.2 Å². The van der Waals surface area contributed by atoms with E-state index in [0.717, 1.165) is 23.6 Å². The smallest absolute Gasteiger partial charge is 0.228 e. The second-order valence-corrected chi connectivity index (χ2v) is 4.54. The van der Waals surface area contributed by atoms with Crippen molar-refractivity contribution >= 4 is 16.8 Å². The number of para-hydroxylation sites is 1. The highest BCUT2D eigenvalue weighted by atomic mass is 19.1. The summed E-state index contributed by atoms with van der Waals surface area (Å²) < 4.78 is 31.9. The molecule has 0 N–H and O–H groups in total. The maximum Gasteiger partial charge on any atom is 0.228 e. The summed E-state index contributed by atoms with van der Waals surface area (Å²) >= 11 is 0. The van der Waals surface area contributed by atoms with Crippen LogP contribution < -0.4 is 0 Å². The fourth-order valence-electron chi connectivity index (χ4n) is 2.21. The Kier molecular flexibility index (Phi) is 2.86. The monoisotopic (exact) mass is 272 g/mol. The Labute approximate surface area is 113 Å². The largest absolute Gasteiger partial charge is 0.452 e. The lowest BCUT2D eigenvalue weighted by Crippen LogP contribution is -2.03. The third-order valence-electron chi connectivity index (χ3n) is 3.17. The van der Waals surface area contributed by atoms with Gasteiger partial charge in [-0.25, -0.2) is 8.78 Å². The molecule has 0 aliphatic carbocycles. The van der Waals surface area contributed by atoms with Gasteiger partial charge >= 0.3 is 0 Å². The molecular formula is C16H10F2O2. The molecule has 0 saturated heterocycles. The second-order valence-electron chi connectivity index (χ2n) is 4.54. The zero-order valence-electron chi connectivity index (χ0n) is 10.6. The number of rotatable bonds is 2.